The molecule has 0 radical (unpaired) electrons. The number of carbonyl (C=O) groups excluding carboxylic acids is 1. The SMILES string of the molecule is COc1cc([N+](=O)[O-])cc2sc(NC(=O)C3CCN(S(=O)(=O)c4ccc(SC)cc4)CC3)nc12. The van der Waals surface area contributed by atoms with E-state index in [1.165, 1.54) is 35.3 Å². The third-order valence-electron chi connectivity index (χ3n) is 5.63. The second kappa shape index (κ2) is 9.86. The molecule has 0 saturated carbocycles. The van der Waals surface area contributed by atoms with Crippen molar-refractivity contribution in [2.75, 3.05) is 31.8 Å². The first-order chi connectivity index (χ1) is 16.2. The second-order valence-corrected chi connectivity index (χ2v) is 11.5. The first-order valence-electron chi connectivity index (χ1n) is 10.3. The smallest absolute Gasteiger partial charge is 0.274 e. The average molecular weight is 523 g/mol. The van der Waals surface area contributed by atoms with E-state index >= 15 is 0 Å². The number of ether oxygens (including phenoxy) is 1. The highest BCUT2D eigenvalue weighted by atomic mass is 32.2. The first kappa shape index (κ1) is 24.4. The van der Waals surface area contributed by atoms with Gasteiger partial charge in [0, 0.05) is 30.0 Å². The van der Waals surface area contributed by atoms with Gasteiger partial charge >= 0.3 is 0 Å². The molecule has 1 aliphatic heterocycles. The Balaban J connectivity index is 1.42. The molecule has 0 spiro atoms. The molecule has 4 rings (SSSR count). The fraction of sp³-hybridized carbons (Fsp3) is 0.333. The summed E-state index contributed by atoms with van der Waals surface area (Å²) in [5.74, 6) is -0.368. The van der Waals surface area contributed by atoms with E-state index in [0.717, 1.165) is 16.2 Å². The van der Waals surface area contributed by atoms with E-state index in [9.17, 15) is 23.3 Å². The van der Waals surface area contributed by atoms with Crippen LogP contribution in [0.4, 0.5) is 10.8 Å². The number of nitrogens with one attached hydrogen (secondary N) is 1. The number of aromatic nitrogens is 1. The van der Waals surface area contributed by atoms with Crippen molar-refractivity contribution in [3.05, 3.63) is 46.5 Å². The maximum Gasteiger partial charge on any atom is 0.274 e. The highest BCUT2D eigenvalue weighted by Gasteiger charge is 2.32. The van der Waals surface area contributed by atoms with Crippen molar-refractivity contribution in [3.8, 4) is 5.75 Å². The highest BCUT2D eigenvalue weighted by molar-refractivity contribution is 7.98. The van der Waals surface area contributed by atoms with Gasteiger partial charge in [-0.3, -0.25) is 14.9 Å². The lowest BCUT2D eigenvalue weighted by Crippen LogP contribution is -2.41. The van der Waals surface area contributed by atoms with Crippen LogP contribution < -0.4 is 10.1 Å². The number of nitrogens with zero attached hydrogens (tertiary/aromatic N) is 3. The summed E-state index contributed by atoms with van der Waals surface area (Å²) in [6.07, 6.45) is 2.69. The van der Waals surface area contributed by atoms with Gasteiger partial charge in [-0.25, -0.2) is 13.4 Å². The van der Waals surface area contributed by atoms with Crippen LogP contribution in [-0.4, -0.2) is 55.0 Å². The molecule has 180 valence electrons. The van der Waals surface area contributed by atoms with Crippen LogP contribution in [0.25, 0.3) is 10.2 Å². The van der Waals surface area contributed by atoms with Gasteiger partial charge in [0.2, 0.25) is 15.9 Å². The Labute approximate surface area is 204 Å². The predicted molar refractivity (Wildman–Crippen MR) is 131 cm³/mol. The van der Waals surface area contributed by atoms with Crippen LogP contribution in [0.5, 0.6) is 5.75 Å². The Morgan fingerprint density at radius 1 is 1.26 bits per heavy atom. The summed E-state index contributed by atoms with van der Waals surface area (Å²) >= 11 is 2.66. The number of hydrogen-bond acceptors (Lipinski definition) is 9. The summed E-state index contributed by atoms with van der Waals surface area (Å²) in [5, 5.41) is 14.2. The monoisotopic (exact) mass is 522 g/mol. The lowest BCUT2D eigenvalue weighted by molar-refractivity contribution is -0.384. The van der Waals surface area contributed by atoms with Gasteiger partial charge < -0.3 is 10.1 Å². The number of anilines is 1. The molecule has 1 N–H and O–H groups in total. The largest absolute Gasteiger partial charge is 0.494 e. The number of carbonyl (C=O) groups is 1. The van der Waals surface area contributed by atoms with Crippen LogP contribution in [0, 0.1) is 16.0 Å². The summed E-state index contributed by atoms with van der Waals surface area (Å²) in [7, 11) is -2.22. The standard InChI is InChI=1S/C21H22N4O6S3/c1-31-17-11-14(25(27)28)12-18-19(17)22-21(33-18)23-20(26)13-7-9-24(10-8-13)34(29,30)16-5-3-15(32-2)4-6-16/h3-6,11-13H,7-10H2,1-2H3,(H,22,23,26). The van der Waals surface area contributed by atoms with Crippen molar-refractivity contribution >= 4 is 60.1 Å². The predicted octanol–water partition coefficient (Wildman–Crippen LogP) is 3.97. The third-order valence-corrected chi connectivity index (χ3v) is 9.20. The second-order valence-electron chi connectivity index (χ2n) is 7.61. The van der Waals surface area contributed by atoms with Gasteiger partial charge in [0.05, 0.1) is 27.7 Å². The normalized spacial score (nSPS) is 15.4. The van der Waals surface area contributed by atoms with Crippen LogP contribution in [0.2, 0.25) is 0 Å². The number of fused-ring (bicyclic) bond motifs is 1. The van der Waals surface area contributed by atoms with Crippen molar-refractivity contribution in [2.24, 2.45) is 5.92 Å². The molecule has 0 aliphatic carbocycles. The van der Waals surface area contributed by atoms with Crippen molar-refractivity contribution in [1.29, 1.82) is 0 Å². The number of rotatable bonds is 7. The highest BCUT2D eigenvalue weighted by Crippen LogP contribution is 2.36. The van der Waals surface area contributed by atoms with E-state index in [2.05, 4.69) is 10.3 Å². The van der Waals surface area contributed by atoms with Crippen molar-refractivity contribution in [3.63, 3.8) is 0 Å². The molecular weight excluding hydrogens is 500 g/mol. The molecule has 1 aromatic heterocycles. The number of methoxy groups -OCH3 is 1. The van der Waals surface area contributed by atoms with Crippen LogP contribution in [0.1, 0.15) is 12.8 Å². The maximum absolute atomic E-state index is 12.9. The number of non-ortho nitro benzene ring substituents is 1. The van der Waals surface area contributed by atoms with Crippen molar-refractivity contribution < 1.29 is 22.9 Å². The number of hydrogen-bond donors (Lipinski definition) is 1. The molecule has 1 aliphatic rings. The van der Waals surface area contributed by atoms with E-state index in [0.29, 0.717) is 28.2 Å². The lowest BCUT2D eigenvalue weighted by atomic mass is 9.97. The third kappa shape index (κ3) is 4.87. The summed E-state index contributed by atoms with van der Waals surface area (Å²) < 4.78 is 33.0. The number of thiazole rings is 1. The number of sulfonamides is 1. The topological polar surface area (TPSA) is 132 Å². The number of amides is 1. The molecule has 0 bridgehead atoms. The van der Waals surface area contributed by atoms with Gasteiger partial charge in [0.1, 0.15) is 5.52 Å². The molecule has 0 atom stereocenters. The molecule has 10 nitrogen and oxygen atoms in total. The van der Waals surface area contributed by atoms with E-state index in [-0.39, 0.29) is 41.2 Å². The van der Waals surface area contributed by atoms with Crippen molar-refractivity contribution in [2.45, 2.75) is 22.6 Å². The molecule has 0 unspecified atom stereocenters. The number of nitro groups is 1. The Morgan fingerprint density at radius 2 is 1.94 bits per heavy atom. The Morgan fingerprint density at radius 3 is 2.53 bits per heavy atom. The van der Waals surface area contributed by atoms with Crippen LogP contribution in [-0.2, 0) is 14.8 Å². The van der Waals surface area contributed by atoms with E-state index in [1.54, 1.807) is 24.3 Å². The zero-order valence-corrected chi connectivity index (χ0v) is 20.8. The number of piperidine rings is 1. The fourth-order valence-corrected chi connectivity index (χ4v) is 6.56. The zero-order valence-electron chi connectivity index (χ0n) is 18.4. The van der Waals surface area contributed by atoms with Gasteiger partial charge in [0.15, 0.2) is 10.9 Å². The Bertz CT molecular complexity index is 1330. The Kier molecular flexibility index (Phi) is 7.07. The van der Waals surface area contributed by atoms with E-state index in [4.69, 9.17) is 4.74 Å². The number of thioether (sulfide) groups is 1. The number of nitro benzene ring substituents is 1. The van der Waals surface area contributed by atoms with Crippen LogP contribution in [0.3, 0.4) is 0 Å². The molecule has 1 amide bonds. The van der Waals surface area contributed by atoms with E-state index in [1.807, 2.05) is 6.26 Å². The maximum atomic E-state index is 12.9. The minimum Gasteiger partial charge on any atom is -0.494 e. The lowest BCUT2D eigenvalue weighted by Gasteiger charge is -2.30. The number of benzene rings is 2. The molecule has 13 heteroatoms. The van der Waals surface area contributed by atoms with Gasteiger partial charge in [-0.05, 0) is 43.4 Å². The average Bonchev–Trinajstić information content (AvgIpc) is 3.25. The van der Waals surface area contributed by atoms with Crippen LogP contribution >= 0.6 is 23.1 Å². The summed E-state index contributed by atoms with van der Waals surface area (Å²) in [4.78, 5) is 29.0. The molecule has 1 saturated heterocycles. The van der Waals surface area contributed by atoms with Crippen molar-refractivity contribution in [1.82, 2.24) is 9.29 Å². The molecule has 3 aromatic rings. The zero-order chi connectivity index (χ0) is 24.5. The summed E-state index contributed by atoms with van der Waals surface area (Å²) in [5.41, 5.74) is 0.310. The fourth-order valence-electron chi connectivity index (χ4n) is 3.76. The quantitative estimate of drug-likeness (QED) is 0.280. The van der Waals surface area contributed by atoms with Gasteiger partial charge in [-0.15, -0.1) is 11.8 Å². The summed E-state index contributed by atoms with van der Waals surface area (Å²) in [6, 6.07) is 9.44. The first-order valence-corrected chi connectivity index (χ1v) is 13.8. The van der Waals surface area contributed by atoms with E-state index < -0.39 is 14.9 Å². The molecule has 34 heavy (non-hydrogen) atoms. The Hall–Kier alpha value is -2.74. The molecule has 2 aromatic carbocycles. The molecular formula is C21H22N4O6S3. The van der Waals surface area contributed by atoms with Gasteiger partial charge in [-0.2, -0.15) is 4.31 Å². The van der Waals surface area contributed by atoms with Gasteiger partial charge in [0.25, 0.3) is 5.69 Å². The summed E-state index contributed by atoms with van der Waals surface area (Å²) in [6.45, 7) is 0.481. The molecule has 2 heterocycles. The van der Waals surface area contributed by atoms with Crippen LogP contribution in [0.15, 0.2) is 46.2 Å². The minimum atomic E-state index is -3.62. The molecule has 1 fully saturated rings. The minimum absolute atomic E-state index is 0.123. The van der Waals surface area contributed by atoms with Gasteiger partial charge in [-0.1, -0.05) is 11.3 Å².